The molecule has 0 spiro atoms. The Morgan fingerprint density at radius 1 is 1.44 bits per heavy atom. The molecule has 9 heteroatoms. The van der Waals surface area contributed by atoms with Gasteiger partial charge < -0.3 is 24.7 Å². The Hall–Kier alpha value is -3.23. The number of rotatable bonds is 8. The molecule has 0 unspecified atom stereocenters. The van der Waals surface area contributed by atoms with Crippen LogP contribution in [0.1, 0.15) is 12.1 Å². The van der Waals surface area contributed by atoms with Gasteiger partial charge in [-0.05, 0) is 25.5 Å². The van der Waals surface area contributed by atoms with E-state index in [0.29, 0.717) is 29.6 Å². The van der Waals surface area contributed by atoms with Gasteiger partial charge in [-0.3, -0.25) is 10.1 Å². The summed E-state index contributed by atoms with van der Waals surface area (Å²) in [4.78, 5) is 14.4. The number of hydrogen-bond donors (Lipinski definition) is 2. The molecule has 2 aromatic rings. The standard InChI is InChI=1S/C16H19N5O4/c1-12-8-17-10-20(12)6-2-5-18-16(9-21(22)23)19-13-3-4-14-15(7-13)25-11-24-14/h3-4,7-10,18-19H,2,5-6,11H2,1H3/b16-9-. The minimum atomic E-state index is -0.498. The Morgan fingerprint density at radius 2 is 2.28 bits per heavy atom. The lowest BCUT2D eigenvalue weighted by atomic mass is 10.3. The third-order valence-corrected chi connectivity index (χ3v) is 3.70. The third-order valence-electron chi connectivity index (χ3n) is 3.70. The summed E-state index contributed by atoms with van der Waals surface area (Å²) < 4.78 is 12.6. The van der Waals surface area contributed by atoms with Crippen LogP contribution in [0.5, 0.6) is 11.5 Å². The van der Waals surface area contributed by atoms with Gasteiger partial charge in [0.05, 0.1) is 11.3 Å². The van der Waals surface area contributed by atoms with E-state index in [2.05, 4.69) is 15.6 Å². The average molecular weight is 345 g/mol. The van der Waals surface area contributed by atoms with Crippen LogP contribution < -0.4 is 20.1 Å². The van der Waals surface area contributed by atoms with E-state index in [0.717, 1.165) is 24.9 Å². The second-order valence-electron chi connectivity index (χ2n) is 5.53. The predicted molar refractivity (Wildman–Crippen MR) is 90.8 cm³/mol. The first-order valence-electron chi connectivity index (χ1n) is 7.84. The maximum Gasteiger partial charge on any atom is 0.274 e. The Morgan fingerprint density at radius 3 is 3.04 bits per heavy atom. The zero-order chi connectivity index (χ0) is 17.6. The van der Waals surface area contributed by atoms with Crippen molar-refractivity contribution in [2.75, 3.05) is 18.7 Å². The summed E-state index contributed by atoms with van der Waals surface area (Å²) in [6.45, 7) is 3.53. The van der Waals surface area contributed by atoms with Gasteiger partial charge in [-0.1, -0.05) is 0 Å². The second kappa shape index (κ2) is 7.56. The van der Waals surface area contributed by atoms with Gasteiger partial charge in [0.15, 0.2) is 17.3 Å². The fourth-order valence-electron chi connectivity index (χ4n) is 2.45. The Balaban J connectivity index is 1.56. The van der Waals surface area contributed by atoms with Crippen molar-refractivity contribution in [3.05, 3.63) is 58.6 Å². The van der Waals surface area contributed by atoms with Gasteiger partial charge in [0.1, 0.15) is 0 Å². The summed E-state index contributed by atoms with van der Waals surface area (Å²) in [6, 6.07) is 5.28. The summed E-state index contributed by atoms with van der Waals surface area (Å²) in [5.74, 6) is 1.58. The summed E-state index contributed by atoms with van der Waals surface area (Å²) in [7, 11) is 0. The van der Waals surface area contributed by atoms with E-state index >= 15 is 0 Å². The number of benzene rings is 1. The molecule has 25 heavy (non-hydrogen) atoms. The van der Waals surface area contributed by atoms with Crippen LogP contribution in [0.2, 0.25) is 0 Å². The quantitative estimate of drug-likeness (QED) is 0.429. The average Bonchev–Trinajstić information content (AvgIpc) is 3.19. The Bertz CT molecular complexity index is 787. The van der Waals surface area contributed by atoms with Gasteiger partial charge in [-0.25, -0.2) is 4.98 Å². The van der Waals surface area contributed by atoms with Crippen LogP contribution in [0.25, 0.3) is 0 Å². The molecule has 0 atom stereocenters. The van der Waals surface area contributed by atoms with Crippen LogP contribution in [-0.4, -0.2) is 27.8 Å². The van der Waals surface area contributed by atoms with Crippen molar-refractivity contribution in [1.82, 2.24) is 14.9 Å². The highest BCUT2D eigenvalue weighted by molar-refractivity contribution is 5.57. The van der Waals surface area contributed by atoms with Crippen molar-refractivity contribution in [2.45, 2.75) is 19.9 Å². The van der Waals surface area contributed by atoms with Gasteiger partial charge in [-0.2, -0.15) is 0 Å². The first-order valence-corrected chi connectivity index (χ1v) is 7.84. The zero-order valence-corrected chi connectivity index (χ0v) is 13.8. The molecule has 0 aliphatic carbocycles. The van der Waals surface area contributed by atoms with Crippen molar-refractivity contribution in [3.8, 4) is 11.5 Å². The van der Waals surface area contributed by atoms with E-state index in [9.17, 15) is 10.1 Å². The topological polar surface area (TPSA) is 103 Å². The number of aryl methyl sites for hydroxylation is 2. The number of ether oxygens (including phenoxy) is 2. The molecule has 1 aromatic heterocycles. The molecule has 0 bridgehead atoms. The number of fused-ring (bicyclic) bond motifs is 1. The van der Waals surface area contributed by atoms with Crippen molar-refractivity contribution >= 4 is 5.69 Å². The minimum absolute atomic E-state index is 0.183. The first-order chi connectivity index (χ1) is 12.1. The summed E-state index contributed by atoms with van der Waals surface area (Å²) in [6.07, 6.45) is 5.28. The van der Waals surface area contributed by atoms with Gasteiger partial charge in [-0.15, -0.1) is 0 Å². The SMILES string of the molecule is Cc1cncn1CCCN/C(=C/[N+](=O)[O-])Nc1ccc2c(c1)OCO2. The molecule has 2 heterocycles. The molecule has 0 fully saturated rings. The number of anilines is 1. The van der Waals surface area contributed by atoms with E-state index in [4.69, 9.17) is 9.47 Å². The lowest BCUT2D eigenvalue weighted by molar-refractivity contribution is -0.403. The summed E-state index contributed by atoms with van der Waals surface area (Å²) >= 11 is 0. The number of nitrogens with one attached hydrogen (secondary N) is 2. The van der Waals surface area contributed by atoms with E-state index in [1.807, 2.05) is 11.5 Å². The van der Waals surface area contributed by atoms with Crippen LogP contribution in [0.4, 0.5) is 5.69 Å². The normalized spacial score (nSPS) is 12.9. The Labute approximate surface area is 144 Å². The molecule has 0 saturated heterocycles. The van der Waals surface area contributed by atoms with E-state index in [1.165, 1.54) is 0 Å². The van der Waals surface area contributed by atoms with Crippen molar-refractivity contribution < 1.29 is 14.4 Å². The molecule has 2 N–H and O–H groups in total. The number of nitrogens with zero attached hydrogens (tertiary/aromatic N) is 3. The number of aromatic nitrogens is 2. The molecule has 0 amide bonds. The third kappa shape index (κ3) is 4.40. The van der Waals surface area contributed by atoms with Crippen LogP contribution >= 0.6 is 0 Å². The molecule has 0 saturated carbocycles. The maximum absolute atomic E-state index is 10.8. The van der Waals surface area contributed by atoms with Crippen molar-refractivity contribution in [1.29, 1.82) is 0 Å². The zero-order valence-electron chi connectivity index (χ0n) is 13.8. The second-order valence-corrected chi connectivity index (χ2v) is 5.53. The number of nitro groups is 1. The molecule has 3 rings (SSSR count). The smallest absolute Gasteiger partial charge is 0.274 e. The van der Waals surface area contributed by atoms with Gasteiger partial charge in [0.25, 0.3) is 6.20 Å². The molecule has 9 nitrogen and oxygen atoms in total. The number of hydrogen-bond acceptors (Lipinski definition) is 7. The molecular weight excluding hydrogens is 326 g/mol. The number of imidazole rings is 1. The molecule has 132 valence electrons. The van der Waals surface area contributed by atoms with E-state index in [-0.39, 0.29) is 6.79 Å². The van der Waals surface area contributed by atoms with E-state index < -0.39 is 4.92 Å². The maximum atomic E-state index is 10.8. The molecular formula is C16H19N5O4. The highest BCUT2D eigenvalue weighted by Crippen LogP contribution is 2.34. The monoisotopic (exact) mass is 345 g/mol. The largest absolute Gasteiger partial charge is 0.454 e. The molecule has 1 aliphatic heterocycles. The fourth-order valence-corrected chi connectivity index (χ4v) is 2.45. The van der Waals surface area contributed by atoms with Gasteiger partial charge in [0.2, 0.25) is 6.79 Å². The highest BCUT2D eigenvalue weighted by Gasteiger charge is 2.14. The lowest BCUT2D eigenvalue weighted by Gasteiger charge is -2.12. The first kappa shape index (κ1) is 16.6. The van der Waals surface area contributed by atoms with Crippen LogP contribution in [-0.2, 0) is 6.54 Å². The van der Waals surface area contributed by atoms with Crippen LogP contribution in [0, 0.1) is 17.0 Å². The fraction of sp³-hybridized carbons (Fsp3) is 0.312. The summed E-state index contributed by atoms with van der Waals surface area (Å²) in [5.41, 5.74) is 1.76. The van der Waals surface area contributed by atoms with E-state index in [1.54, 1.807) is 30.7 Å². The van der Waals surface area contributed by atoms with Gasteiger partial charge >= 0.3 is 0 Å². The van der Waals surface area contributed by atoms with Gasteiger partial charge in [0, 0.05) is 36.7 Å². The molecule has 1 aromatic carbocycles. The summed E-state index contributed by atoms with van der Waals surface area (Å²) in [5, 5.41) is 16.9. The lowest BCUT2D eigenvalue weighted by Crippen LogP contribution is -2.23. The van der Waals surface area contributed by atoms with Crippen LogP contribution in [0.15, 0.2) is 42.7 Å². The Kier molecular flexibility index (Phi) is 5.03. The van der Waals surface area contributed by atoms with Crippen LogP contribution in [0.3, 0.4) is 0 Å². The van der Waals surface area contributed by atoms with Crippen molar-refractivity contribution in [2.24, 2.45) is 0 Å². The minimum Gasteiger partial charge on any atom is -0.454 e. The molecule has 0 radical (unpaired) electrons. The predicted octanol–water partition coefficient (Wildman–Crippen LogP) is 2.09. The highest BCUT2D eigenvalue weighted by atomic mass is 16.7. The molecule has 1 aliphatic rings. The van der Waals surface area contributed by atoms with Crippen molar-refractivity contribution in [3.63, 3.8) is 0 Å².